The fourth-order valence-electron chi connectivity index (χ4n) is 0.626. The monoisotopic (exact) mass is 167 g/mol. The van der Waals surface area contributed by atoms with Crippen molar-refractivity contribution < 1.29 is 4.52 Å². The molecular weight excluding hydrogens is 164 g/mol. The van der Waals surface area contributed by atoms with Crippen LogP contribution in [0.2, 0.25) is 0 Å². The summed E-state index contributed by atoms with van der Waals surface area (Å²) in [5.74, 6) is 0.403. The van der Waals surface area contributed by atoms with E-state index in [4.69, 9.17) is 5.73 Å². The summed E-state index contributed by atoms with van der Waals surface area (Å²) in [6.45, 7) is 0. The second-order valence-corrected chi connectivity index (χ2v) is 2.43. The van der Waals surface area contributed by atoms with Crippen LogP contribution in [0.3, 0.4) is 0 Å². The molecule has 5 nitrogen and oxygen atoms in total. The summed E-state index contributed by atoms with van der Waals surface area (Å²) in [6, 6.07) is 0.0491. The van der Waals surface area contributed by atoms with Gasteiger partial charge in [0.25, 0.3) is 0 Å². The van der Waals surface area contributed by atoms with E-state index >= 15 is 0 Å². The molecule has 2 N–H and O–H groups in total. The van der Waals surface area contributed by atoms with Gasteiger partial charge in [-0.2, -0.15) is 4.98 Å². The molecule has 0 saturated heterocycles. The molecule has 55 valence electrons. The van der Waals surface area contributed by atoms with Crippen molar-refractivity contribution in [1.29, 1.82) is 0 Å². The predicted molar refractivity (Wildman–Crippen MR) is 38.7 cm³/mol. The van der Waals surface area contributed by atoms with E-state index in [1.165, 1.54) is 11.3 Å². The van der Waals surface area contributed by atoms with Gasteiger partial charge >= 0.3 is 6.01 Å². The topological polar surface area (TPSA) is 77.8 Å². The molecule has 1 radical (unpaired) electrons. The Bertz CT molecular complexity index is 341. The van der Waals surface area contributed by atoms with Gasteiger partial charge in [-0.1, -0.05) is 5.16 Å². The average molecular weight is 167 g/mol. The molecule has 2 rings (SSSR count). The van der Waals surface area contributed by atoms with Crippen LogP contribution in [0.4, 0.5) is 6.01 Å². The fraction of sp³-hybridized carbons (Fsp3) is 0. The predicted octanol–water partition coefficient (Wildman–Crippen LogP) is 0.575. The number of rotatable bonds is 1. The van der Waals surface area contributed by atoms with Crippen LogP contribution in [0.15, 0.2) is 9.90 Å². The van der Waals surface area contributed by atoms with Crippen LogP contribution in [0.5, 0.6) is 0 Å². The number of hydrogen-bond donors (Lipinski definition) is 1. The highest BCUT2D eigenvalue weighted by Crippen LogP contribution is 2.14. The molecule has 2 aromatic rings. The lowest BCUT2D eigenvalue weighted by Crippen LogP contribution is -1.83. The number of anilines is 1. The minimum Gasteiger partial charge on any atom is -0.351 e. The van der Waals surface area contributed by atoms with Gasteiger partial charge in [0.05, 0.1) is 0 Å². The SMILES string of the molecule is Nc1nc(-c2cs[c]n2)no1. The second kappa shape index (κ2) is 2.31. The van der Waals surface area contributed by atoms with Gasteiger partial charge in [0.15, 0.2) is 5.51 Å². The van der Waals surface area contributed by atoms with Gasteiger partial charge in [-0.15, -0.1) is 11.3 Å². The number of hydrogen-bond acceptors (Lipinski definition) is 6. The first-order valence-corrected chi connectivity index (χ1v) is 3.65. The Balaban J connectivity index is 2.45. The molecule has 11 heavy (non-hydrogen) atoms. The molecule has 0 atom stereocenters. The number of thiazole rings is 1. The van der Waals surface area contributed by atoms with Crippen molar-refractivity contribution in [3.05, 3.63) is 10.9 Å². The summed E-state index contributed by atoms with van der Waals surface area (Å²) in [7, 11) is 0. The minimum absolute atomic E-state index is 0.0491. The molecule has 0 saturated carbocycles. The maximum Gasteiger partial charge on any atom is 0.319 e. The molecule has 0 amide bonds. The van der Waals surface area contributed by atoms with Gasteiger partial charge in [-0.05, 0) is 0 Å². The summed E-state index contributed by atoms with van der Waals surface area (Å²) >= 11 is 1.35. The first-order chi connectivity index (χ1) is 5.36. The minimum atomic E-state index is 0.0491. The van der Waals surface area contributed by atoms with E-state index in [1.807, 2.05) is 0 Å². The third-order valence-electron chi connectivity index (χ3n) is 1.06. The third kappa shape index (κ3) is 1.07. The van der Waals surface area contributed by atoms with Crippen LogP contribution < -0.4 is 5.73 Å². The Morgan fingerprint density at radius 3 is 3.09 bits per heavy atom. The number of nitrogens with two attached hydrogens (primary N) is 1. The van der Waals surface area contributed by atoms with Crippen molar-refractivity contribution in [2.45, 2.75) is 0 Å². The van der Waals surface area contributed by atoms with Crippen molar-refractivity contribution in [2.75, 3.05) is 5.73 Å². The van der Waals surface area contributed by atoms with E-state index in [-0.39, 0.29) is 6.01 Å². The van der Waals surface area contributed by atoms with E-state index in [2.05, 4.69) is 25.2 Å². The first kappa shape index (κ1) is 6.29. The lowest BCUT2D eigenvalue weighted by atomic mass is 10.5. The Labute approximate surface area is 65.9 Å². The molecule has 0 unspecified atom stereocenters. The Morgan fingerprint density at radius 1 is 1.64 bits per heavy atom. The van der Waals surface area contributed by atoms with Crippen molar-refractivity contribution in [3.8, 4) is 11.5 Å². The van der Waals surface area contributed by atoms with Crippen LogP contribution in [0.1, 0.15) is 0 Å². The summed E-state index contributed by atoms with van der Waals surface area (Å²) in [4.78, 5) is 7.63. The summed E-state index contributed by atoms with van der Waals surface area (Å²) < 4.78 is 4.56. The van der Waals surface area contributed by atoms with Crippen LogP contribution in [0, 0.1) is 5.51 Å². The molecule has 0 fully saturated rings. The van der Waals surface area contributed by atoms with Crippen LogP contribution in [-0.4, -0.2) is 15.1 Å². The molecule has 2 aromatic heterocycles. The molecule has 0 bridgehead atoms. The molecule has 6 heteroatoms. The molecular formula is C5H3N4OS. The van der Waals surface area contributed by atoms with E-state index in [1.54, 1.807) is 5.38 Å². The van der Waals surface area contributed by atoms with Gasteiger partial charge in [0.1, 0.15) is 5.69 Å². The molecule has 0 aliphatic heterocycles. The van der Waals surface area contributed by atoms with Gasteiger partial charge in [-0.25, -0.2) is 4.98 Å². The van der Waals surface area contributed by atoms with Crippen molar-refractivity contribution in [1.82, 2.24) is 15.1 Å². The summed E-state index contributed by atoms with van der Waals surface area (Å²) in [6.07, 6.45) is 0. The Kier molecular flexibility index (Phi) is 1.32. The van der Waals surface area contributed by atoms with Crippen LogP contribution in [0.25, 0.3) is 11.5 Å². The van der Waals surface area contributed by atoms with Crippen molar-refractivity contribution in [2.24, 2.45) is 0 Å². The van der Waals surface area contributed by atoms with Crippen molar-refractivity contribution >= 4 is 17.4 Å². The average Bonchev–Trinajstić information content (AvgIpc) is 2.55. The summed E-state index contributed by atoms with van der Waals surface area (Å²) in [5, 5.41) is 5.34. The normalized spacial score (nSPS) is 10.2. The maximum atomic E-state index is 5.21. The van der Waals surface area contributed by atoms with Gasteiger partial charge in [-0.3, -0.25) is 0 Å². The van der Waals surface area contributed by atoms with Gasteiger partial charge < -0.3 is 10.3 Å². The van der Waals surface area contributed by atoms with E-state index < -0.39 is 0 Å². The highest BCUT2D eigenvalue weighted by Gasteiger charge is 2.06. The fourth-order valence-corrected chi connectivity index (χ4v) is 1.10. The standard InChI is InChI=1S/C5H3N4OS/c6-5-8-4(9-10-5)3-1-11-2-7-3/h1H,(H2,6,8,9). The Morgan fingerprint density at radius 2 is 2.55 bits per heavy atom. The van der Waals surface area contributed by atoms with Crippen LogP contribution in [-0.2, 0) is 0 Å². The number of nitrogens with zero attached hydrogens (tertiary/aromatic N) is 3. The molecule has 0 aliphatic rings. The molecule has 2 heterocycles. The number of nitrogen functional groups attached to an aromatic ring is 1. The van der Waals surface area contributed by atoms with Crippen molar-refractivity contribution in [3.63, 3.8) is 0 Å². The van der Waals surface area contributed by atoms with E-state index in [0.717, 1.165) is 0 Å². The highest BCUT2D eigenvalue weighted by molar-refractivity contribution is 7.07. The lowest BCUT2D eigenvalue weighted by molar-refractivity contribution is 0.437. The number of aromatic nitrogens is 3. The third-order valence-corrected chi connectivity index (χ3v) is 1.60. The zero-order chi connectivity index (χ0) is 7.68. The highest BCUT2D eigenvalue weighted by atomic mass is 32.1. The summed E-state index contributed by atoms with van der Waals surface area (Å²) in [5.41, 5.74) is 8.51. The quantitative estimate of drug-likeness (QED) is 0.672. The molecule has 0 aliphatic carbocycles. The second-order valence-electron chi connectivity index (χ2n) is 1.78. The molecule has 0 spiro atoms. The zero-order valence-corrected chi connectivity index (χ0v) is 6.13. The van der Waals surface area contributed by atoms with Gasteiger partial charge in [0.2, 0.25) is 5.82 Å². The van der Waals surface area contributed by atoms with Crippen LogP contribution >= 0.6 is 11.3 Å². The largest absolute Gasteiger partial charge is 0.351 e. The van der Waals surface area contributed by atoms with E-state index in [0.29, 0.717) is 11.5 Å². The van der Waals surface area contributed by atoms with E-state index in [9.17, 15) is 0 Å². The lowest BCUT2D eigenvalue weighted by Gasteiger charge is -1.78. The molecule has 0 aromatic carbocycles. The first-order valence-electron chi connectivity index (χ1n) is 2.77. The smallest absolute Gasteiger partial charge is 0.319 e. The maximum absolute atomic E-state index is 5.21. The Hall–Kier alpha value is -1.43. The zero-order valence-electron chi connectivity index (χ0n) is 5.31. The van der Waals surface area contributed by atoms with Gasteiger partial charge in [0, 0.05) is 5.38 Å².